The average molecular weight is 267 g/mol. The lowest BCUT2D eigenvalue weighted by Gasteiger charge is -2.19. The molecule has 1 heterocycles. The highest BCUT2D eigenvalue weighted by Gasteiger charge is 2.24. The van der Waals surface area contributed by atoms with Gasteiger partial charge in [0.25, 0.3) is 5.91 Å². The van der Waals surface area contributed by atoms with Crippen molar-refractivity contribution >= 4 is 11.9 Å². The third-order valence-electron chi connectivity index (χ3n) is 3.07. The molecule has 1 aromatic heterocycles. The molecule has 0 N–H and O–H groups in total. The van der Waals surface area contributed by atoms with Gasteiger partial charge in [0.1, 0.15) is 18.1 Å². The van der Waals surface area contributed by atoms with Crippen LogP contribution >= 0.6 is 0 Å². The van der Waals surface area contributed by atoms with Crippen LogP contribution in [-0.4, -0.2) is 36.5 Å². The minimum Gasteiger partial charge on any atom is -0.466 e. The minimum absolute atomic E-state index is 0.0354. The zero-order valence-electron chi connectivity index (χ0n) is 12.2. The van der Waals surface area contributed by atoms with E-state index < -0.39 is 5.97 Å². The van der Waals surface area contributed by atoms with Crippen LogP contribution in [0.4, 0.5) is 0 Å². The fourth-order valence-electron chi connectivity index (χ4n) is 1.96. The Kier molecular flexibility index (Phi) is 5.15. The summed E-state index contributed by atoms with van der Waals surface area (Å²) in [5, 5.41) is 0. The average Bonchev–Trinajstić information content (AvgIpc) is 2.60. The molecule has 0 saturated carbocycles. The summed E-state index contributed by atoms with van der Waals surface area (Å²) in [4.78, 5) is 25.4. The second kappa shape index (κ2) is 6.41. The van der Waals surface area contributed by atoms with Crippen molar-refractivity contribution in [1.29, 1.82) is 0 Å². The summed E-state index contributed by atoms with van der Waals surface area (Å²) in [6, 6.07) is 0. The summed E-state index contributed by atoms with van der Waals surface area (Å²) in [5.41, 5.74) is 1.37. The highest BCUT2D eigenvalue weighted by molar-refractivity contribution is 5.98. The Morgan fingerprint density at radius 1 is 1.16 bits per heavy atom. The highest BCUT2D eigenvalue weighted by atomic mass is 16.5. The van der Waals surface area contributed by atoms with E-state index in [1.807, 2.05) is 20.8 Å². The van der Waals surface area contributed by atoms with E-state index >= 15 is 0 Å². The summed E-state index contributed by atoms with van der Waals surface area (Å²) >= 11 is 0. The quantitative estimate of drug-likeness (QED) is 0.768. The molecule has 1 amide bonds. The monoisotopic (exact) mass is 267 g/mol. The van der Waals surface area contributed by atoms with Gasteiger partial charge in [-0.2, -0.15) is 0 Å². The SMILES string of the molecule is CCOC(=O)CN(CC)C(=O)c1c(C)oc(C)c1C. The molecular weight excluding hydrogens is 246 g/mol. The number of aryl methyl sites for hydroxylation is 2. The van der Waals surface area contributed by atoms with E-state index in [4.69, 9.17) is 9.15 Å². The predicted molar refractivity (Wildman–Crippen MR) is 71.1 cm³/mol. The fraction of sp³-hybridized carbons (Fsp3) is 0.571. The molecule has 0 aromatic carbocycles. The van der Waals surface area contributed by atoms with Gasteiger partial charge in [-0.15, -0.1) is 0 Å². The van der Waals surface area contributed by atoms with Gasteiger partial charge in [0.05, 0.1) is 12.2 Å². The Hall–Kier alpha value is -1.78. The first-order chi connectivity index (χ1) is 8.92. The molecule has 1 aromatic rings. The lowest BCUT2D eigenvalue weighted by molar-refractivity contribution is -0.143. The highest BCUT2D eigenvalue weighted by Crippen LogP contribution is 2.22. The number of carbonyl (C=O) groups excluding carboxylic acids is 2. The van der Waals surface area contributed by atoms with Gasteiger partial charge in [-0.3, -0.25) is 9.59 Å². The van der Waals surface area contributed by atoms with Gasteiger partial charge >= 0.3 is 5.97 Å². The molecule has 5 nitrogen and oxygen atoms in total. The van der Waals surface area contributed by atoms with Crippen molar-refractivity contribution < 1.29 is 18.7 Å². The molecule has 106 valence electrons. The van der Waals surface area contributed by atoms with E-state index in [1.54, 1.807) is 13.8 Å². The number of hydrogen-bond donors (Lipinski definition) is 0. The number of nitrogens with zero attached hydrogens (tertiary/aromatic N) is 1. The molecule has 0 spiro atoms. The van der Waals surface area contributed by atoms with Crippen LogP contribution in [0, 0.1) is 20.8 Å². The maximum Gasteiger partial charge on any atom is 0.325 e. The zero-order chi connectivity index (χ0) is 14.6. The first-order valence-corrected chi connectivity index (χ1v) is 6.43. The van der Waals surface area contributed by atoms with Crippen LogP contribution in [-0.2, 0) is 9.53 Å². The molecule has 5 heteroatoms. The maximum atomic E-state index is 12.4. The number of amides is 1. The fourth-order valence-corrected chi connectivity index (χ4v) is 1.96. The lowest BCUT2D eigenvalue weighted by Crippen LogP contribution is -2.36. The lowest BCUT2D eigenvalue weighted by atomic mass is 10.1. The van der Waals surface area contributed by atoms with E-state index in [9.17, 15) is 9.59 Å². The van der Waals surface area contributed by atoms with Gasteiger partial charge in [0.15, 0.2) is 0 Å². The molecule has 0 bridgehead atoms. The summed E-state index contributed by atoms with van der Waals surface area (Å²) in [5.74, 6) is 0.728. The van der Waals surface area contributed by atoms with E-state index in [-0.39, 0.29) is 12.5 Å². The predicted octanol–water partition coefficient (Wildman–Crippen LogP) is 2.23. The third kappa shape index (κ3) is 3.36. The second-order valence-electron chi connectivity index (χ2n) is 4.34. The Morgan fingerprint density at radius 3 is 2.21 bits per heavy atom. The number of hydrogen-bond acceptors (Lipinski definition) is 4. The van der Waals surface area contributed by atoms with Crippen LogP contribution in [0.3, 0.4) is 0 Å². The summed E-state index contributed by atoms with van der Waals surface area (Å²) in [6.07, 6.45) is 0. The van der Waals surface area contributed by atoms with Crippen LogP contribution < -0.4 is 0 Å². The molecule has 0 atom stereocenters. The van der Waals surface area contributed by atoms with E-state index in [0.29, 0.717) is 24.5 Å². The molecule has 0 aliphatic heterocycles. The third-order valence-corrected chi connectivity index (χ3v) is 3.07. The molecule has 19 heavy (non-hydrogen) atoms. The van der Waals surface area contributed by atoms with Crippen molar-refractivity contribution in [2.45, 2.75) is 34.6 Å². The van der Waals surface area contributed by atoms with Crippen LogP contribution in [0.15, 0.2) is 4.42 Å². The van der Waals surface area contributed by atoms with Crippen LogP contribution in [0.5, 0.6) is 0 Å². The standard InChI is InChI=1S/C14H21NO4/c1-6-15(8-12(16)18-7-2)14(17)13-9(3)10(4)19-11(13)5/h6-8H2,1-5H3. The van der Waals surface area contributed by atoms with Crippen molar-refractivity contribution in [3.8, 4) is 0 Å². The maximum absolute atomic E-state index is 12.4. The second-order valence-corrected chi connectivity index (χ2v) is 4.34. The molecule has 0 unspecified atom stereocenters. The normalized spacial score (nSPS) is 10.4. The summed E-state index contributed by atoms with van der Waals surface area (Å²) in [7, 11) is 0. The zero-order valence-corrected chi connectivity index (χ0v) is 12.2. The van der Waals surface area contributed by atoms with Gasteiger partial charge < -0.3 is 14.1 Å². The Labute approximate surface area is 113 Å². The van der Waals surface area contributed by atoms with Crippen molar-refractivity contribution in [3.05, 3.63) is 22.6 Å². The number of esters is 1. The van der Waals surface area contributed by atoms with Crippen molar-refractivity contribution in [1.82, 2.24) is 4.90 Å². The first-order valence-electron chi connectivity index (χ1n) is 6.43. The Morgan fingerprint density at radius 2 is 1.79 bits per heavy atom. The molecule has 1 rings (SSSR count). The molecular formula is C14H21NO4. The van der Waals surface area contributed by atoms with Gasteiger partial charge in [-0.25, -0.2) is 0 Å². The molecule has 0 aliphatic carbocycles. The van der Waals surface area contributed by atoms with Crippen LogP contribution in [0.25, 0.3) is 0 Å². The van der Waals surface area contributed by atoms with Crippen molar-refractivity contribution in [3.63, 3.8) is 0 Å². The minimum atomic E-state index is -0.395. The van der Waals surface area contributed by atoms with Gasteiger partial charge in [0.2, 0.25) is 0 Å². The van der Waals surface area contributed by atoms with Gasteiger partial charge in [-0.05, 0) is 34.6 Å². The van der Waals surface area contributed by atoms with Crippen molar-refractivity contribution in [2.24, 2.45) is 0 Å². The molecule has 0 radical (unpaired) electrons. The number of likely N-dealkylation sites (N-methyl/N-ethyl adjacent to an activating group) is 1. The van der Waals surface area contributed by atoms with E-state index in [0.717, 1.165) is 11.3 Å². The first kappa shape index (κ1) is 15.3. The Balaban J connectivity index is 2.92. The van der Waals surface area contributed by atoms with Gasteiger partial charge in [0, 0.05) is 12.1 Å². The number of furan rings is 1. The molecule has 0 saturated heterocycles. The number of ether oxygens (including phenoxy) is 1. The van der Waals surface area contributed by atoms with Gasteiger partial charge in [-0.1, -0.05) is 0 Å². The molecule has 0 fully saturated rings. The number of carbonyl (C=O) groups is 2. The van der Waals surface area contributed by atoms with Crippen molar-refractivity contribution in [2.75, 3.05) is 19.7 Å². The summed E-state index contributed by atoms with van der Waals surface area (Å²) in [6.45, 7) is 9.71. The van der Waals surface area contributed by atoms with Crippen LogP contribution in [0.2, 0.25) is 0 Å². The van der Waals surface area contributed by atoms with E-state index in [2.05, 4.69) is 0 Å². The van der Waals surface area contributed by atoms with Crippen LogP contribution in [0.1, 0.15) is 41.3 Å². The Bertz CT molecular complexity index is 476. The summed E-state index contributed by atoms with van der Waals surface area (Å²) < 4.78 is 10.3. The van der Waals surface area contributed by atoms with E-state index in [1.165, 1.54) is 4.90 Å². The molecule has 0 aliphatic rings. The smallest absolute Gasteiger partial charge is 0.325 e. The topological polar surface area (TPSA) is 59.8 Å². The number of rotatable bonds is 5. The largest absolute Gasteiger partial charge is 0.466 e.